The Morgan fingerprint density at radius 1 is 1.63 bits per heavy atom. The quantitative estimate of drug-likeness (QED) is 0.906. The first kappa shape index (κ1) is 13.5. The highest BCUT2D eigenvalue weighted by Gasteiger charge is 2.43. The fraction of sp³-hybridized carbons (Fsp3) is 0.429. The lowest BCUT2D eigenvalue weighted by Gasteiger charge is -2.31. The van der Waals surface area contributed by atoms with Gasteiger partial charge in [0.2, 0.25) is 0 Å². The van der Waals surface area contributed by atoms with E-state index in [1.165, 1.54) is 12.1 Å². The zero-order chi connectivity index (χ0) is 14.0. The van der Waals surface area contributed by atoms with Crippen molar-refractivity contribution in [2.75, 3.05) is 6.54 Å². The Labute approximate surface area is 111 Å². The van der Waals surface area contributed by atoms with Gasteiger partial charge in [-0.25, -0.2) is 4.39 Å². The van der Waals surface area contributed by atoms with Crippen LogP contribution in [0, 0.1) is 17.1 Å². The fourth-order valence-corrected chi connectivity index (χ4v) is 2.51. The summed E-state index contributed by atoms with van der Waals surface area (Å²) in [4.78, 5) is 13.2. The number of hydrogen-bond acceptors (Lipinski definition) is 3. The third-order valence-electron chi connectivity index (χ3n) is 3.80. The molecule has 2 rings (SSSR count). The highest BCUT2D eigenvalue weighted by molar-refractivity contribution is 5.78. The molecule has 0 aliphatic carbocycles. The summed E-state index contributed by atoms with van der Waals surface area (Å²) in [6.07, 6.45) is 1.40. The minimum Gasteiger partial charge on any atom is -0.480 e. The Hall–Kier alpha value is -1.93. The molecular weight excluding hydrogens is 247 g/mol. The van der Waals surface area contributed by atoms with Crippen LogP contribution in [0.25, 0.3) is 0 Å². The van der Waals surface area contributed by atoms with E-state index in [-0.39, 0.29) is 5.56 Å². The van der Waals surface area contributed by atoms with Crippen molar-refractivity contribution in [3.8, 4) is 6.07 Å². The Kier molecular flexibility index (Phi) is 3.54. The number of carboxylic acids is 1. The largest absolute Gasteiger partial charge is 0.480 e. The first-order valence-corrected chi connectivity index (χ1v) is 6.14. The maximum Gasteiger partial charge on any atom is 0.323 e. The van der Waals surface area contributed by atoms with Crippen LogP contribution in [0.1, 0.15) is 30.9 Å². The van der Waals surface area contributed by atoms with E-state index in [1.807, 2.05) is 11.0 Å². The number of carboxylic acid groups (broad SMARTS) is 1. The molecule has 4 nitrogen and oxygen atoms in total. The summed E-state index contributed by atoms with van der Waals surface area (Å²) in [7, 11) is 0. The van der Waals surface area contributed by atoms with Gasteiger partial charge in [-0.05, 0) is 44.0 Å². The van der Waals surface area contributed by atoms with Crippen molar-refractivity contribution in [2.45, 2.75) is 31.8 Å². The van der Waals surface area contributed by atoms with E-state index in [1.54, 1.807) is 13.0 Å². The zero-order valence-corrected chi connectivity index (χ0v) is 10.7. The van der Waals surface area contributed by atoms with Gasteiger partial charge in [-0.2, -0.15) is 5.26 Å². The maximum atomic E-state index is 13.1. The van der Waals surface area contributed by atoms with Crippen LogP contribution in [0.15, 0.2) is 18.2 Å². The van der Waals surface area contributed by atoms with Crippen molar-refractivity contribution in [2.24, 2.45) is 0 Å². The number of rotatable bonds is 3. The molecular formula is C14H15FN2O2. The Morgan fingerprint density at radius 3 is 3.00 bits per heavy atom. The molecule has 1 aliphatic heterocycles. The molecule has 19 heavy (non-hydrogen) atoms. The topological polar surface area (TPSA) is 64.3 Å². The molecule has 1 heterocycles. The number of halogens is 1. The Morgan fingerprint density at radius 2 is 2.37 bits per heavy atom. The molecule has 0 aromatic heterocycles. The lowest BCUT2D eigenvalue weighted by molar-refractivity contribution is -0.148. The van der Waals surface area contributed by atoms with E-state index in [4.69, 9.17) is 5.26 Å². The normalized spacial score (nSPS) is 23.2. The smallest absolute Gasteiger partial charge is 0.323 e. The SMILES string of the molecule is CC1(C(=O)O)CCCN1Cc1ccc(F)cc1C#N. The van der Waals surface area contributed by atoms with Gasteiger partial charge in [-0.3, -0.25) is 9.69 Å². The van der Waals surface area contributed by atoms with Crippen molar-refractivity contribution in [3.05, 3.63) is 35.1 Å². The molecule has 1 aliphatic rings. The summed E-state index contributed by atoms with van der Waals surface area (Å²) < 4.78 is 13.1. The zero-order valence-electron chi connectivity index (χ0n) is 10.7. The van der Waals surface area contributed by atoms with Gasteiger partial charge >= 0.3 is 5.97 Å². The van der Waals surface area contributed by atoms with Crippen molar-refractivity contribution >= 4 is 5.97 Å². The molecule has 1 aromatic carbocycles. The molecule has 100 valence electrons. The van der Waals surface area contributed by atoms with Crippen molar-refractivity contribution in [3.63, 3.8) is 0 Å². The summed E-state index contributed by atoms with van der Waals surface area (Å²) in [6, 6.07) is 5.98. The minimum absolute atomic E-state index is 0.264. The van der Waals surface area contributed by atoms with Gasteiger partial charge in [0.15, 0.2) is 0 Å². The second-order valence-electron chi connectivity index (χ2n) is 5.02. The second kappa shape index (κ2) is 4.98. The van der Waals surface area contributed by atoms with E-state index >= 15 is 0 Å². The third kappa shape index (κ3) is 2.45. The van der Waals surface area contributed by atoms with E-state index in [0.29, 0.717) is 25.1 Å². The summed E-state index contributed by atoms with van der Waals surface area (Å²) in [5, 5.41) is 18.3. The number of nitrogens with zero attached hydrogens (tertiary/aromatic N) is 2. The maximum absolute atomic E-state index is 13.1. The van der Waals surface area contributed by atoms with Crippen LogP contribution in [0.3, 0.4) is 0 Å². The van der Waals surface area contributed by atoms with Crippen molar-refractivity contribution in [1.82, 2.24) is 4.90 Å². The average molecular weight is 262 g/mol. The summed E-state index contributed by atoms with van der Waals surface area (Å²) in [5.41, 5.74) is 0.0269. The molecule has 0 amide bonds. The second-order valence-corrected chi connectivity index (χ2v) is 5.02. The third-order valence-corrected chi connectivity index (χ3v) is 3.80. The summed E-state index contributed by atoms with van der Waals surface area (Å²) in [5.74, 6) is -1.31. The van der Waals surface area contributed by atoms with Gasteiger partial charge in [0, 0.05) is 6.54 Å². The number of hydrogen-bond donors (Lipinski definition) is 1. The average Bonchev–Trinajstić information content (AvgIpc) is 2.74. The molecule has 1 atom stereocenters. The van der Waals surface area contributed by atoms with Gasteiger partial charge in [-0.15, -0.1) is 0 Å². The number of benzene rings is 1. The van der Waals surface area contributed by atoms with Gasteiger partial charge in [0.25, 0.3) is 0 Å². The molecule has 1 aromatic rings. The number of aliphatic carboxylic acids is 1. The molecule has 0 saturated carbocycles. The highest BCUT2D eigenvalue weighted by Crippen LogP contribution is 2.31. The molecule has 1 unspecified atom stereocenters. The van der Waals surface area contributed by atoms with Gasteiger partial charge in [0.05, 0.1) is 11.6 Å². The number of nitriles is 1. The predicted molar refractivity (Wildman–Crippen MR) is 66.8 cm³/mol. The van der Waals surface area contributed by atoms with Gasteiger partial charge in [0.1, 0.15) is 11.4 Å². The molecule has 0 spiro atoms. The fourth-order valence-electron chi connectivity index (χ4n) is 2.51. The first-order chi connectivity index (χ1) is 8.97. The van der Waals surface area contributed by atoms with Gasteiger partial charge < -0.3 is 5.11 Å². The van der Waals surface area contributed by atoms with Crippen molar-refractivity contribution in [1.29, 1.82) is 5.26 Å². The molecule has 1 fully saturated rings. The van der Waals surface area contributed by atoms with Gasteiger partial charge in [-0.1, -0.05) is 6.07 Å². The lowest BCUT2D eigenvalue weighted by Crippen LogP contribution is -2.47. The molecule has 5 heteroatoms. The van der Waals surface area contributed by atoms with E-state index in [2.05, 4.69) is 0 Å². The van der Waals surface area contributed by atoms with Crippen LogP contribution in [0.5, 0.6) is 0 Å². The van der Waals surface area contributed by atoms with Crippen molar-refractivity contribution < 1.29 is 14.3 Å². The lowest BCUT2D eigenvalue weighted by atomic mass is 9.98. The summed E-state index contributed by atoms with van der Waals surface area (Å²) >= 11 is 0. The van der Waals surface area contributed by atoms with E-state index in [9.17, 15) is 14.3 Å². The Bertz CT molecular complexity index is 553. The molecule has 0 radical (unpaired) electrons. The summed E-state index contributed by atoms with van der Waals surface area (Å²) in [6.45, 7) is 2.72. The monoisotopic (exact) mass is 262 g/mol. The Balaban J connectivity index is 2.27. The minimum atomic E-state index is -0.902. The van der Waals surface area contributed by atoms with Crippen LogP contribution in [0.2, 0.25) is 0 Å². The molecule has 1 N–H and O–H groups in total. The molecule has 1 saturated heterocycles. The standard InChI is InChI=1S/C14H15FN2O2/c1-14(13(18)19)5-2-6-17(14)9-10-3-4-12(15)7-11(10)8-16/h3-4,7H,2,5-6,9H2,1H3,(H,18,19). The number of likely N-dealkylation sites (tertiary alicyclic amines) is 1. The van der Waals surface area contributed by atoms with Crippen LogP contribution in [-0.4, -0.2) is 28.1 Å². The predicted octanol–water partition coefficient (Wildman–Crippen LogP) is 2.14. The van der Waals surface area contributed by atoms with E-state index < -0.39 is 17.3 Å². The number of carbonyl (C=O) groups is 1. The van der Waals surface area contributed by atoms with Crippen LogP contribution in [0.4, 0.5) is 4.39 Å². The van der Waals surface area contributed by atoms with Crippen LogP contribution < -0.4 is 0 Å². The first-order valence-electron chi connectivity index (χ1n) is 6.14. The van der Waals surface area contributed by atoms with E-state index in [0.717, 1.165) is 6.42 Å². The highest BCUT2D eigenvalue weighted by atomic mass is 19.1. The molecule has 0 bridgehead atoms. The van der Waals surface area contributed by atoms with Crippen LogP contribution >= 0.6 is 0 Å². The van der Waals surface area contributed by atoms with Crippen LogP contribution in [-0.2, 0) is 11.3 Å².